The predicted octanol–water partition coefficient (Wildman–Crippen LogP) is 0.139. The van der Waals surface area contributed by atoms with Crippen molar-refractivity contribution in [1.82, 2.24) is 4.90 Å². The van der Waals surface area contributed by atoms with Gasteiger partial charge in [0.15, 0.2) is 0 Å². The third-order valence-corrected chi connectivity index (χ3v) is 3.31. The molecule has 0 fully saturated rings. The minimum absolute atomic E-state index is 0.0787. The first-order valence-electron chi connectivity index (χ1n) is 5.90. The number of aliphatic hydroxyl groups excluding tert-OH is 1. The SMILES string of the molecule is COCCN(CCO)C(=O)c1sccc1C#CCN. The lowest BCUT2D eigenvalue weighted by Crippen LogP contribution is -2.36. The molecule has 0 aliphatic heterocycles. The summed E-state index contributed by atoms with van der Waals surface area (Å²) in [5.41, 5.74) is 6.01. The fourth-order valence-corrected chi connectivity index (χ4v) is 2.32. The highest BCUT2D eigenvalue weighted by Crippen LogP contribution is 2.18. The molecule has 19 heavy (non-hydrogen) atoms. The van der Waals surface area contributed by atoms with E-state index in [2.05, 4.69) is 11.8 Å². The van der Waals surface area contributed by atoms with Gasteiger partial charge in [0.05, 0.1) is 19.8 Å². The topological polar surface area (TPSA) is 75.8 Å². The zero-order chi connectivity index (χ0) is 14.1. The summed E-state index contributed by atoms with van der Waals surface area (Å²) in [5.74, 6) is 5.48. The van der Waals surface area contributed by atoms with Crippen molar-refractivity contribution in [3.63, 3.8) is 0 Å². The highest BCUT2D eigenvalue weighted by Gasteiger charge is 2.19. The molecule has 5 nitrogen and oxygen atoms in total. The highest BCUT2D eigenvalue weighted by atomic mass is 32.1. The lowest BCUT2D eigenvalue weighted by Gasteiger charge is -2.20. The summed E-state index contributed by atoms with van der Waals surface area (Å²) in [7, 11) is 1.57. The van der Waals surface area contributed by atoms with Crippen LogP contribution in [-0.2, 0) is 4.74 Å². The van der Waals surface area contributed by atoms with Crippen LogP contribution in [0.4, 0.5) is 0 Å². The quantitative estimate of drug-likeness (QED) is 0.728. The molecule has 1 aromatic heterocycles. The van der Waals surface area contributed by atoms with Crippen molar-refractivity contribution in [3.05, 3.63) is 21.9 Å². The van der Waals surface area contributed by atoms with Crippen LogP contribution in [-0.4, -0.2) is 55.9 Å². The van der Waals surface area contributed by atoms with E-state index in [1.54, 1.807) is 18.1 Å². The number of ether oxygens (including phenoxy) is 1. The normalized spacial score (nSPS) is 9.84. The average molecular weight is 282 g/mol. The standard InChI is InChI=1S/C13H18N2O3S/c1-18-9-7-15(6-8-16)13(17)12-11(3-2-5-14)4-10-19-12/h4,10,16H,5-9,14H2,1H3. The van der Waals surface area contributed by atoms with Gasteiger partial charge in [-0.15, -0.1) is 11.3 Å². The van der Waals surface area contributed by atoms with Crippen molar-refractivity contribution in [2.75, 3.05) is 40.0 Å². The maximum atomic E-state index is 12.4. The Morgan fingerprint density at radius 3 is 3.00 bits per heavy atom. The number of nitrogens with two attached hydrogens (primary N) is 1. The number of amides is 1. The minimum atomic E-state index is -0.137. The van der Waals surface area contributed by atoms with Gasteiger partial charge in [0.1, 0.15) is 4.88 Å². The number of thiophene rings is 1. The fraction of sp³-hybridized carbons (Fsp3) is 0.462. The Kier molecular flexibility index (Phi) is 7.15. The monoisotopic (exact) mass is 282 g/mol. The number of carbonyl (C=O) groups is 1. The number of carbonyl (C=O) groups excluding carboxylic acids is 1. The van der Waals surface area contributed by atoms with Gasteiger partial charge in [-0.3, -0.25) is 4.79 Å². The van der Waals surface area contributed by atoms with Crippen LogP contribution >= 0.6 is 11.3 Å². The van der Waals surface area contributed by atoms with Gasteiger partial charge >= 0.3 is 0 Å². The van der Waals surface area contributed by atoms with E-state index in [4.69, 9.17) is 15.6 Å². The molecule has 1 rings (SSSR count). The molecule has 1 heterocycles. The molecule has 0 aliphatic carbocycles. The molecule has 0 bridgehead atoms. The number of aliphatic hydroxyl groups is 1. The fourth-order valence-electron chi connectivity index (χ4n) is 1.50. The Balaban J connectivity index is 2.86. The van der Waals surface area contributed by atoms with Gasteiger partial charge in [-0.05, 0) is 11.4 Å². The molecule has 0 saturated carbocycles. The summed E-state index contributed by atoms with van der Waals surface area (Å²) in [6.07, 6.45) is 0. The lowest BCUT2D eigenvalue weighted by atomic mass is 10.2. The Labute approximate surface area is 117 Å². The van der Waals surface area contributed by atoms with Gasteiger partial charge in [-0.2, -0.15) is 0 Å². The van der Waals surface area contributed by atoms with Crippen molar-refractivity contribution >= 4 is 17.2 Å². The van der Waals surface area contributed by atoms with Gasteiger partial charge in [-0.25, -0.2) is 0 Å². The van der Waals surface area contributed by atoms with E-state index < -0.39 is 0 Å². The third-order valence-electron chi connectivity index (χ3n) is 2.41. The first-order chi connectivity index (χ1) is 9.24. The van der Waals surface area contributed by atoms with Crippen LogP contribution in [0.25, 0.3) is 0 Å². The minimum Gasteiger partial charge on any atom is -0.395 e. The summed E-state index contributed by atoms with van der Waals surface area (Å²) in [5, 5.41) is 10.8. The predicted molar refractivity (Wildman–Crippen MR) is 75.1 cm³/mol. The van der Waals surface area contributed by atoms with E-state index in [0.717, 1.165) is 0 Å². The largest absolute Gasteiger partial charge is 0.395 e. The molecule has 0 radical (unpaired) electrons. The molecule has 0 aromatic carbocycles. The summed E-state index contributed by atoms with van der Waals surface area (Å²) in [6, 6.07) is 1.80. The number of hydrogen-bond donors (Lipinski definition) is 2. The van der Waals surface area contributed by atoms with Crippen LogP contribution in [0.1, 0.15) is 15.2 Å². The Hall–Kier alpha value is -1.39. The molecule has 0 saturated heterocycles. The van der Waals surface area contributed by atoms with Crippen molar-refractivity contribution in [3.8, 4) is 11.8 Å². The Morgan fingerprint density at radius 1 is 1.58 bits per heavy atom. The molecular weight excluding hydrogens is 264 g/mol. The van der Waals surface area contributed by atoms with Crippen molar-refractivity contribution in [2.45, 2.75) is 0 Å². The molecule has 0 unspecified atom stereocenters. The Bertz CT molecular complexity index is 462. The van der Waals surface area contributed by atoms with Gasteiger partial charge in [0.25, 0.3) is 5.91 Å². The van der Waals surface area contributed by atoms with E-state index in [0.29, 0.717) is 23.6 Å². The van der Waals surface area contributed by atoms with Crippen LogP contribution in [0, 0.1) is 11.8 Å². The van der Waals surface area contributed by atoms with Crippen LogP contribution in [0.2, 0.25) is 0 Å². The summed E-state index contributed by atoms with van der Waals surface area (Å²) >= 11 is 1.34. The van der Waals surface area contributed by atoms with Gasteiger partial charge in [-0.1, -0.05) is 11.8 Å². The zero-order valence-electron chi connectivity index (χ0n) is 10.9. The maximum Gasteiger partial charge on any atom is 0.265 e. The van der Waals surface area contributed by atoms with E-state index >= 15 is 0 Å². The van der Waals surface area contributed by atoms with Crippen molar-refractivity contribution in [1.29, 1.82) is 0 Å². The summed E-state index contributed by atoms with van der Waals surface area (Å²) in [4.78, 5) is 14.5. The van der Waals surface area contributed by atoms with Crippen LogP contribution in [0.5, 0.6) is 0 Å². The number of hydrogen-bond acceptors (Lipinski definition) is 5. The van der Waals surface area contributed by atoms with Crippen LogP contribution in [0.3, 0.4) is 0 Å². The second kappa shape index (κ2) is 8.67. The second-order valence-electron chi connectivity index (χ2n) is 3.68. The van der Waals surface area contributed by atoms with E-state index in [1.165, 1.54) is 11.3 Å². The summed E-state index contributed by atoms with van der Waals surface area (Å²) in [6.45, 7) is 1.33. The third kappa shape index (κ3) is 4.65. The second-order valence-corrected chi connectivity index (χ2v) is 4.59. The first kappa shape index (κ1) is 15.7. The van der Waals surface area contributed by atoms with E-state index in [-0.39, 0.29) is 25.6 Å². The molecule has 1 amide bonds. The van der Waals surface area contributed by atoms with Crippen molar-refractivity contribution < 1.29 is 14.6 Å². The van der Waals surface area contributed by atoms with E-state index in [1.807, 2.05) is 5.38 Å². The van der Waals surface area contributed by atoms with Crippen molar-refractivity contribution in [2.24, 2.45) is 5.73 Å². The smallest absolute Gasteiger partial charge is 0.265 e. The molecule has 6 heteroatoms. The molecule has 0 atom stereocenters. The van der Waals surface area contributed by atoms with Crippen LogP contribution < -0.4 is 5.73 Å². The first-order valence-corrected chi connectivity index (χ1v) is 6.78. The number of nitrogens with zero attached hydrogens (tertiary/aromatic N) is 1. The molecule has 0 aliphatic rings. The maximum absolute atomic E-state index is 12.4. The molecule has 1 aromatic rings. The highest BCUT2D eigenvalue weighted by molar-refractivity contribution is 7.12. The van der Waals surface area contributed by atoms with Gasteiger partial charge in [0, 0.05) is 25.8 Å². The average Bonchev–Trinajstić information content (AvgIpc) is 2.88. The Morgan fingerprint density at radius 2 is 2.37 bits per heavy atom. The number of methoxy groups -OCH3 is 1. The number of rotatable bonds is 6. The van der Waals surface area contributed by atoms with Gasteiger partial charge in [0.2, 0.25) is 0 Å². The lowest BCUT2D eigenvalue weighted by molar-refractivity contribution is 0.0661. The van der Waals surface area contributed by atoms with E-state index in [9.17, 15) is 4.79 Å². The molecular formula is C13H18N2O3S. The molecule has 3 N–H and O–H groups in total. The molecule has 0 spiro atoms. The summed E-state index contributed by atoms with van der Waals surface area (Å²) < 4.78 is 4.96. The van der Waals surface area contributed by atoms with Crippen LogP contribution in [0.15, 0.2) is 11.4 Å². The van der Waals surface area contributed by atoms with Gasteiger partial charge < -0.3 is 20.5 Å². The zero-order valence-corrected chi connectivity index (χ0v) is 11.7. The molecule has 104 valence electrons.